The van der Waals surface area contributed by atoms with Gasteiger partial charge in [0, 0.05) is 37.8 Å². The first kappa shape index (κ1) is 19.0. The second kappa shape index (κ2) is 8.79. The van der Waals surface area contributed by atoms with Crippen LogP contribution in [0.4, 0.5) is 5.82 Å². The number of ketones is 1. The van der Waals surface area contributed by atoms with Crippen LogP contribution in [0.5, 0.6) is 11.6 Å². The van der Waals surface area contributed by atoms with Crippen LogP contribution in [-0.2, 0) is 4.74 Å². The third-order valence-electron chi connectivity index (χ3n) is 4.88. The molecule has 1 aliphatic rings. The molecular weight excluding hydrogens is 368 g/mol. The lowest BCUT2D eigenvalue weighted by atomic mass is 10.1. The number of carbonyl (C=O) groups is 1. The highest BCUT2D eigenvalue weighted by molar-refractivity contribution is 6.07. The molecule has 3 heterocycles. The van der Waals surface area contributed by atoms with E-state index in [0.717, 1.165) is 19.4 Å². The van der Waals surface area contributed by atoms with E-state index in [1.54, 1.807) is 68.2 Å². The van der Waals surface area contributed by atoms with Crippen molar-refractivity contribution >= 4 is 11.6 Å². The number of ether oxygens (including phenoxy) is 2. The minimum atomic E-state index is -0.128. The standard InChI is InChI=1S/C22H22N4O3/c1-28-15-17-5-4-14-26(17)21-22(25-13-12-24-21)29-18-9-7-16(8-10-18)20(27)19-6-2-3-11-23-19/h2-3,6-13,17H,4-5,14-15H2,1H3/t17-/m0/s1. The summed E-state index contributed by atoms with van der Waals surface area (Å²) in [5, 5.41) is 0. The number of aromatic nitrogens is 3. The number of pyridine rings is 1. The van der Waals surface area contributed by atoms with Crippen molar-refractivity contribution in [3.05, 3.63) is 72.3 Å². The van der Waals surface area contributed by atoms with Crippen molar-refractivity contribution in [2.45, 2.75) is 18.9 Å². The third-order valence-corrected chi connectivity index (χ3v) is 4.88. The Bertz CT molecular complexity index is 963. The molecule has 0 N–H and O–H groups in total. The first-order valence-corrected chi connectivity index (χ1v) is 9.56. The van der Waals surface area contributed by atoms with Gasteiger partial charge in [0.05, 0.1) is 12.6 Å². The summed E-state index contributed by atoms with van der Waals surface area (Å²) in [4.78, 5) is 27.7. The van der Waals surface area contributed by atoms with E-state index in [-0.39, 0.29) is 11.8 Å². The number of hydrogen-bond donors (Lipinski definition) is 0. The summed E-state index contributed by atoms with van der Waals surface area (Å²) in [6.45, 7) is 1.53. The van der Waals surface area contributed by atoms with Gasteiger partial charge in [-0.2, -0.15) is 0 Å². The highest BCUT2D eigenvalue weighted by Crippen LogP contribution is 2.33. The van der Waals surface area contributed by atoms with Gasteiger partial charge in [-0.15, -0.1) is 0 Å². The van der Waals surface area contributed by atoms with Crippen molar-refractivity contribution in [2.75, 3.05) is 25.2 Å². The molecule has 4 rings (SSSR count). The van der Waals surface area contributed by atoms with Gasteiger partial charge in [0.25, 0.3) is 5.88 Å². The van der Waals surface area contributed by atoms with Crippen LogP contribution in [0.1, 0.15) is 28.9 Å². The first-order chi connectivity index (χ1) is 14.3. The van der Waals surface area contributed by atoms with Gasteiger partial charge in [0.2, 0.25) is 5.78 Å². The Labute approximate surface area is 169 Å². The predicted octanol–water partition coefficient (Wildman–Crippen LogP) is 3.51. The number of nitrogens with zero attached hydrogens (tertiary/aromatic N) is 4. The molecule has 2 aromatic heterocycles. The Morgan fingerprint density at radius 2 is 1.90 bits per heavy atom. The molecule has 0 bridgehead atoms. The number of anilines is 1. The van der Waals surface area contributed by atoms with Gasteiger partial charge in [0.1, 0.15) is 11.4 Å². The number of benzene rings is 1. The summed E-state index contributed by atoms with van der Waals surface area (Å²) >= 11 is 0. The minimum absolute atomic E-state index is 0.128. The highest BCUT2D eigenvalue weighted by Gasteiger charge is 2.28. The second-order valence-electron chi connectivity index (χ2n) is 6.80. The van der Waals surface area contributed by atoms with E-state index < -0.39 is 0 Å². The molecule has 0 spiro atoms. The maximum atomic E-state index is 12.5. The molecule has 0 aliphatic carbocycles. The number of hydrogen-bond acceptors (Lipinski definition) is 7. The summed E-state index contributed by atoms with van der Waals surface area (Å²) < 4.78 is 11.3. The van der Waals surface area contributed by atoms with E-state index in [0.29, 0.717) is 35.3 Å². The molecule has 1 aromatic carbocycles. The van der Waals surface area contributed by atoms with Gasteiger partial charge >= 0.3 is 0 Å². The summed E-state index contributed by atoms with van der Waals surface area (Å²) in [6.07, 6.45) is 7.01. The van der Waals surface area contributed by atoms with Crippen LogP contribution in [-0.4, -0.2) is 47.0 Å². The average Bonchev–Trinajstić information content (AvgIpc) is 3.23. The molecule has 7 nitrogen and oxygen atoms in total. The van der Waals surface area contributed by atoms with Gasteiger partial charge in [-0.25, -0.2) is 9.97 Å². The quantitative estimate of drug-likeness (QED) is 0.571. The molecule has 29 heavy (non-hydrogen) atoms. The topological polar surface area (TPSA) is 77.4 Å². The zero-order chi connectivity index (χ0) is 20.1. The molecule has 148 valence electrons. The lowest BCUT2D eigenvalue weighted by Gasteiger charge is -2.26. The zero-order valence-corrected chi connectivity index (χ0v) is 16.2. The monoisotopic (exact) mass is 390 g/mol. The van der Waals surface area contributed by atoms with Gasteiger partial charge in [-0.1, -0.05) is 6.07 Å². The minimum Gasteiger partial charge on any atom is -0.436 e. The molecule has 3 aromatic rings. The van der Waals surface area contributed by atoms with Crippen molar-refractivity contribution in [3.63, 3.8) is 0 Å². The molecule has 0 amide bonds. The van der Waals surface area contributed by atoms with Crippen LogP contribution in [0.25, 0.3) is 0 Å². The van der Waals surface area contributed by atoms with Gasteiger partial charge in [0.15, 0.2) is 5.82 Å². The Morgan fingerprint density at radius 1 is 1.07 bits per heavy atom. The largest absolute Gasteiger partial charge is 0.436 e. The van der Waals surface area contributed by atoms with Gasteiger partial charge in [-0.3, -0.25) is 9.78 Å². The van der Waals surface area contributed by atoms with E-state index in [1.165, 1.54) is 0 Å². The summed E-state index contributed by atoms with van der Waals surface area (Å²) in [7, 11) is 1.71. The Kier molecular flexibility index (Phi) is 5.76. The smallest absolute Gasteiger partial charge is 0.263 e. The fourth-order valence-corrected chi connectivity index (χ4v) is 3.50. The van der Waals surface area contributed by atoms with E-state index in [4.69, 9.17) is 9.47 Å². The predicted molar refractivity (Wildman–Crippen MR) is 108 cm³/mol. The highest BCUT2D eigenvalue weighted by atomic mass is 16.5. The van der Waals surface area contributed by atoms with Crippen molar-refractivity contribution < 1.29 is 14.3 Å². The van der Waals surface area contributed by atoms with Crippen molar-refractivity contribution in [3.8, 4) is 11.6 Å². The van der Waals surface area contributed by atoms with E-state index in [2.05, 4.69) is 19.9 Å². The van der Waals surface area contributed by atoms with E-state index in [1.807, 2.05) is 0 Å². The number of methoxy groups -OCH3 is 1. The summed E-state index contributed by atoms with van der Waals surface area (Å²) in [6, 6.07) is 12.5. The van der Waals surface area contributed by atoms with Crippen LogP contribution >= 0.6 is 0 Å². The molecule has 1 aliphatic heterocycles. The Morgan fingerprint density at radius 3 is 2.66 bits per heavy atom. The van der Waals surface area contributed by atoms with Gasteiger partial charge in [-0.05, 0) is 49.2 Å². The zero-order valence-electron chi connectivity index (χ0n) is 16.2. The van der Waals surface area contributed by atoms with Crippen molar-refractivity contribution in [1.29, 1.82) is 0 Å². The summed E-state index contributed by atoms with van der Waals surface area (Å²) in [5.74, 6) is 1.61. The SMILES string of the molecule is COC[C@@H]1CCCN1c1nccnc1Oc1ccc(C(=O)c2ccccn2)cc1. The lowest BCUT2D eigenvalue weighted by molar-refractivity contribution is 0.103. The Balaban J connectivity index is 1.52. The summed E-state index contributed by atoms with van der Waals surface area (Å²) in [5.41, 5.74) is 0.964. The second-order valence-corrected chi connectivity index (χ2v) is 6.80. The fourth-order valence-electron chi connectivity index (χ4n) is 3.50. The molecule has 7 heteroatoms. The third kappa shape index (κ3) is 4.25. The van der Waals surface area contributed by atoms with Crippen LogP contribution in [0, 0.1) is 0 Å². The van der Waals surface area contributed by atoms with Crippen LogP contribution in [0.2, 0.25) is 0 Å². The molecule has 0 radical (unpaired) electrons. The maximum absolute atomic E-state index is 12.5. The Hall–Kier alpha value is -3.32. The lowest BCUT2D eigenvalue weighted by Crippen LogP contribution is -2.33. The van der Waals surface area contributed by atoms with Crippen LogP contribution in [0.3, 0.4) is 0 Å². The van der Waals surface area contributed by atoms with Crippen molar-refractivity contribution in [1.82, 2.24) is 15.0 Å². The van der Waals surface area contributed by atoms with E-state index in [9.17, 15) is 4.79 Å². The molecular formula is C22H22N4O3. The van der Waals surface area contributed by atoms with Crippen LogP contribution < -0.4 is 9.64 Å². The number of rotatable bonds is 7. The van der Waals surface area contributed by atoms with Crippen LogP contribution in [0.15, 0.2) is 61.1 Å². The normalized spacial score (nSPS) is 16.0. The van der Waals surface area contributed by atoms with Crippen molar-refractivity contribution in [2.24, 2.45) is 0 Å². The molecule has 0 unspecified atom stereocenters. The number of carbonyl (C=O) groups excluding carboxylic acids is 1. The maximum Gasteiger partial charge on any atom is 0.263 e. The first-order valence-electron chi connectivity index (χ1n) is 9.56. The van der Waals surface area contributed by atoms with E-state index >= 15 is 0 Å². The molecule has 0 saturated carbocycles. The van der Waals surface area contributed by atoms with Gasteiger partial charge < -0.3 is 14.4 Å². The fraction of sp³-hybridized carbons (Fsp3) is 0.273. The molecule has 1 fully saturated rings. The molecule has 1 atom stereocenters. The average molecular weight is 390 g/mol. The molecule has 1 saturated heterocycles.